The Morgan fingerprint density at radius 3 is 2.80 bits per heavy atom. The third kappa shape index (κ3) is 2.94. The number of carbonyl (C=O) groups is 3. The summed E-state index contributed by atoms with van der Waals surface area (Å²) in [6.45, 7) is 0. The maximum atomic E-state index is 13.4. The molecule has 0 radical (unpaired) electrons. The summed E-state index contributed by atoms with van der Waals surface area (Å²) < 4.78 is 13.4. The van der Waals surface area contributed by atoms with Crippen LogP contribution in [0.5, 0.6) is 5.75 Å². The zero-order valence-electron chi connectivity index (χ0n) is 12.7. The van der Waals surface area contributed by atoms with Crippen molar-refractivity contribution in [3.63, 3.8) is 0 Å². The molecule has 5 N–H and O–H groups in total. The molecule has 1 aromatic rings. The summed E-state index contributed by atoms with van der Waals surface area (Å²) in [6, 6.07) is 0.741. The van der Waals surface area contributed by atoms with Gasteiger partial charge in [-0.25, -0.2) is 9.18 Å². The van der Waals surface area contributed by atoms with Crippen molar-refractivity contribution < 1.29 is 29.0 Å². The van der Waals surface area contributed by atoms with Gasteiger partial charge in [-0.15, -0.1) is 11.8 Å². The van der Waals surface area contributed by atoms with E-state index in [9.17, 15) is 18.8 Å². The number of aromatic hydroxyl groups is 1. The van der Waals surface area contributed by atoms with Crippen molar-refractivity contribution >= 4 is 29.5 Å². The van der Waals surface area contributed by atoms with Crippen LogP contribution in [-0.4, -0.2) is 50.7 Å². The largest absolute Gasteiger partial charge is 0.505 e. The van der Waals surface area contributed by atoms with Gasteiger partial charge in [-0.05, 0) is 17.7 Å². The number of hydrogen-bond acceptors (Lipinski definition) is 6. The van der Waals surface area contributed by atoms with Crippen LogP contribution in [0.15, 0.2) is 29.3 Å². The van der Waals surface area contributed by atoms with Gasteiger partial charge in [0.25, 0.3) is 5.91 Å². The number of rotatable bonds is 4. The molecule has 1 fully saturated rings. The first-order valence-electron chi connectivity index (χ1n) is 7.23. The first-order chi connectivity index (χ1) is 11.8. The van der Waals surface area contributed by atoms with Crippen molar-refractivity contribution in [2.75, 3.05) is 5.75 Å². The van der Waals surface area contributed by atoms with E-state index in [1.165, 1.54) is 23.2 Å². The Kier molecular flexibility index (Phi) is 4.39. The van der Waals surface area contributed by atoms with Gasteiger partial charge in [-0.1, -0.05) is 6.07 Å². The summed E-state index contributed by atoms with van der Waals surface area (Å²) in [4.78, 5) is 36.7. The molecular weight excluding hydrogens is 353 g/mol. The minimum Gasteiger partial charge on any atom is -0.505 e. The van der Waals surface area contributed by atoms with Crippen molar-refractivity contribution in [2.24, 2.45) is 5.73 Å². The lowest BCUT2D eigenvalue weighted by molar-refractivity contribution is -0.153. The Labute approximate surface area is 145 Å². The summed E-state index contributed by atoms with van der Waals surface area (Å²) in [5.41, 5.74) is 5.79. The van der Waals surface area contributed by atoms with Gasteiger partial charge in [-0.2, -0.15) is 0 Å². The Hall–Kier alpha value is -2.59. The molecule has 0 aliphatic carbocycles. The van der Waals surface area contributed by atoms with Crippen LogP contribution in [0.4, 0.5) is 4.39 Å². The van der Waals surface area contributed by atoms with E-state index < -0.39 is 47.5 Å². The van der Waals surface area contributed by atoms with Crippen LogP contribution >= 0.6 is 11.8 Å². The van der Waals surface area contributed by atoms with Crippen LogP contribution in [0.25, 0.3) is 0 Å². The molecule has 1 saturated heterocycles. The van der Waals surface area contributed by atoms with E-state index in [1.54, 1.807) is 0 Å². The fraction of sp³-hybridized carbons (Fsp3) is 0.267. The third-order valence-corrected chi connectivity index (χ3v) is 5.00. The van der Waals surface area contributed by atoms with E-state index in [1.807, 2.05) is 0 Å². The minimum absolute atomic E-state index is 0.123. The monoisotopic (exact) mass is 367 g/mol. The molecule has 8 nitrogen and oxygen atoms in total. The molecule has 2 aliphatic rings. The second-order valence-corrected chi connectivity index (χ2v) is 6.49. The van der Waals surface area contributed by atoms with Crippen molar-refractivity contribution in [1.29, 1.82) is 0 Å². The second kappa shape index (κ2) is 6.37. The molecule has 132 valence electrons. The van der Waals surface area contributed by atoms with Gasteiger partial charge in [0, 0.05) is 11.2 Å². The first-order valence-corrected chi connectivity index (χ1v) is 8.28. The molecule has 2 heterocycles. The summed E-state index contributed by atoms with van der Waals surface area (Å²) in [5.74, 6) is -3.47. The average Bonchev–Trinajstić information content (AvgIpc) is 2.60. The summed E-state index contributed by atoms with van der Waals surface area (Å²) in [7, 11) is 0. The number of aliphatic carboxylic acids is 1. The lowest BCUT2D eigenvalue weighted by Gasteiger charge is -2.48. The molecule has 1 aromatic carbocycles. The normalized spacial score (nSPS) is 23.2. The number of hydrogen-bond donors (Lipinski definition) is 4. The number of phenolic OH excluding ortho intramolecular Hbond substituents is 1. The fourth-order valence-electron chi connectivity index (χ4n) is 2.72. The Balaban J connectivity index is 1.70. The topological polar surface area (TPSA) is 133 Å². The highest BCUT2D eigenvalue weighted by Crippen LogP contribution is 2.34. The number of nitrogens with zero attached hydrogens (tertiary/aromatic N) is 1. The molecule has 10 heteroatoms. The zero-order valence-corrected chi connectivity index (χ0v) is 13.5. The second-order valence-electron chi connectivity index (χ2n) is 5.59. The lowest BCUT2D eigenvalue weighted by atomic mass is 9.94. The van der Waals surface area contributed by atoms with Crippen LogP contribution in [0.1, 0.15) is 11.6 Å². The van der Waals surface area contributed by atoms with Gasteiger partial charge >= 0.3 is 5.97 Å². The minimum atomic E-state index is -1.23. The number of carboxylic acid groups (broad SMARTS) is 1. The molecule has 0 spiro atoms. The molecule has 1 unspecified atom stereocenters. The van der Waals surface area contributed by atoms with Crippen molar-refractivity contribution in [3.05, 3.63) is 40.7 Å². The fourth-order valence-corrected chi connectivity index (χ4v) is 3.72. The number of nitrogens with two attached hydrogens (primary N) is 1. The maximum Gasteiger partial charge on any atom is 0.353 e. The van der Waals surface area contributed by atoms with E-state index in [-0.39, 0.29) is 11.3 Å². The number of thioether (sulfide) groups is 1. The SMILES string of the molecule is NC(C(=O)N[C@H]1C(=O)N2C(C(=O)O)=CSC[C@@H]12)c1ccc(O)c(F)c1. The quantitative estimate of drug-likeness (QED) is 0.546. The molecule has 0 bridgehead atoms. The molecule has 3 rings (SSSR count). The van der Waals surface area contributed by atoms with Crippen LogP contribution in [0.3, 0.4) is 0 Å². The van der Waals surface area contributed by atoms with Crippen molar-refractivity contribution in [3.8, 4) is 5.75 Å². The number of fused-ring (bicyclic) bond motifs is 1. The molecule has 0 saturated carbocycles. The molecular formula is C15H14FN3O5S. The van der Waals surface area contributed by atoms with E-state index in [0.717, 1.165) is 17.0 Å². The highest BCUT2D eigenvalue weighted by molar-refractivity contribution is 8.02. The number of phenols is 1. The van der Waals surface area contributed by atoms with Gasteiger partial charge in [0.2, 0.25) is 5.91 Å². The molecule has 25 heavy (non-hydrogen) atoms. The lowest BCUT2D eigenvalue weighted by Crippen LogP contribution is -2.72. The van der Waals surface area contributed by atoms with E-state index in [0.29, 0.717) is 5.75 Å². The van der Waals surface area contributed by atoms with Crippen LogP contribution in [0.2, 0.25) is 0 Å². The summed E-state index contributed by atoms with van der Waals surface area (Å²) in [5, 5.41) is 22.1. The summed E-state index contributed by atoms with van der Waals surface area (Å²) in [6.07, 6.45) is 0. The highest BCUT2D eigenvalue weighted by Gasteiger charge is 2.52. The number of amides is 2. The number of carboxylic acids is 1. The maximum absolute atomic E-state index is 13.4. The van der Waals surface area contributed by atoms with Gasteiger partial charge in [0.15, 0.2) is 11.6 Å². The summed E-state index contributed by atoms with van der Waals surface area (Å²) >= 11 is 1.24. The Morgan fingerprint density at radius 2 is 2.16 bits per heavy atom. The van der Waals surface area contributed by atoms with Crippen LogP contribution in [0, 0.1) is 5.82 Å². The van der Waals surface area contributed by atoms with E-state index in [2.05, 4.69) is 5.32 Å². The highest BCUT2D eigenvalue weighted by atomic mass is 32.2. The number of halogens is 1. The van der Waals surface area contributed by atoms with Crippen molar-refractivity contribution in [2.45, 2.75) is 18.1 Å². The third-order valence-electron chi connectivity index (χ3n) is 4.07. The standard InChI is InChI=1S/C15H14FN3O5S/c16-7-3-6(1-2-10(7)20)11(17)13(21)18-12-8-4-25-5-9(15(23)24)19(8)14(12)22/h1-3,5,8,11-12,20H,4,17H2,(H,18,21)(H,23,24)/t8-,11?,12+/m0/s1. The first kappa shape index (κ1) is 17.2. The molecule has 3 atom stereocenters. The van der Waals surface area contributed by atoms with Crippen LogP contribution < -0.4 is 11.1 Å². The van der Waals surface area contributed by atoms with Crippen molar-refractivity contribution in [1.82, 2.24) is 10.2 Å². The average molecular weight is 367 g/mol. The number of carbonyl (C=O) groups excluding carboxylic acids is 2. The van der Waals surface area contributed by atoms with Gasteiger partial charge in [0.1, 0.15) is 17.8 Å². The van der Waals surface area contributed by atoms with E-state index in [4.69, 9.17) is 15.9 Å². The smallest absolute Gasteiger partial charge is 0.353 e. The van der Waals surface area contributed by atoms with Gasteiger partial charge < -0.3 is 21.3 Å². The van der Waals surface area contributed by atoms with Gasteiger partial charge in [-0.3, -0.25) is 14.5 Å². The number of β-lactam (4-membered cyclic amide) rings is 1. The Morgan fingerprint density at radius 1 is 1.44 bits per heavy atom. The van der Waals surface area contributed by atoms with Gasteiger partial charge in [0.05, 0.1) is 6.04 Å². The Bertz CT molecular complexity index is 799. The number of nitrogens with one attached hydrogen (secondary N) is 1. The zero-order chi connectivity index (χ0) is 18.3. The predicted molar refractivity (Wildman–Crippen MR) is 85.7 cm³/mol. The predicted octanol–water partition coefficient (Wildman–Crippen LogP) is -0.100. The van der Waals surface area contributed by atoms with Crippen LogP contribution in [-0.2, 0) is 14.4 Å². The molecule has 2 amide bonds. The van der Waals surface area contributed by atoms with E-state index >= 15 is 0 Å². The molecule has 2 aliphatic heterocycles. The number of benzene rings is 1. The molecule has 0 aromatic heterocycles.